The number of hydrogen-bond donors (Lipinski definition) is 1. The Bertz CT molecular complexity index is 508. The molecule has 18 heavy (non-hydrogen) atoms. The SMILES string of the molecule is CC(CN(C)c1c(C#N)cccc1C#N)C(=O)O. The van der Waals surface area contributed by atoms with Gasteiger partial charge in [0.15, 0.2) is 0 Å². The zero-order chi connectivity index (χ0) is 13.7. The second kappa shape index (κ2) is 5.70. The molecule has 0 heterocycles. The maximum absolute atomic E-state index is 10.8. The largest absolute Gasteiger partial charge is 0.481 e. The number of carbonyl (C=O) groups is 1. The van der Waals surface area contributed by atoms with E-state index in [9.17, 15) is 4.79 Å². The highest BCUT2D eigenvalue weighted by molar-refractivity contribution is 5.72. The molecule has 1 atom stereocenters. The fourth-order valence-corrected chi connectivity index (χ4v) is 1.72. The molecular formula is C13H13N3O2. The molecule has 0 aliphatic rings. The Morgan fingerprint density at radius 1 is 1.39 bits per heavy atom. The summed E-state index contributed by atoms with van der Waals surface area (Å²) in [7, 11) is 1.68. The van der Waals surface area contributed by atoms with Crippen LogP contribution >= 0.6 is 0 Å². The molecule has 0 radical (unpaired) electrons. The van der Waals surface area contributed by atoms with E-state index < -0.39 is 11.9 Å². The normalized spacial score (nSPS) is 11.1. The molecule has 0 bridgehead atoms. The van der Waals surface area contributed by atoms with Crippen molar-refractivity contribution in [3.63, 3.8) is 0 Å². The summed E-state index contributed by atoms with van der Waals surface area (Å²) >= 11 is 0. The lowest BCUT2D eigenvalue weighted by Crippen LogP contribution is -2.29. The Labute approximate surface area is 105 Å². The molecule has 0 saturated heterocycles. The quantitative estimate of drug-likeness (QED) is 0.867. The van der Waals surface area contributed by atoms with E-state index in [1.165, 1.54) is 0 Å². The fourth-order valence-electron chi connectivity index (χ4n) is 1.72. The highest BCUT2D eigenvalue weighted by Gasteiger charge is 2.18. The zero-order valence-electron chi connectivity index (χ0n) is 10.2. The summed E-state index contributed by atoms with van der Waals surface area (Å²) in [5, 5.41) is 26.9. The maximum atomic E-state index is 10.8. The molecular weight excluding hydrogens is 230 g/mol. The van der Waals surface area contributed by atoms with Gasteiger partial charge in [-0.25, -0.2) is 0 Å². The summed E-state index contributed by atoms with van der Waals surface area (Å²) in [6.45, 7) is 1.82. The molecule has 0 amide bonds. The molecule has 92 valence electrons. The van der Waals surface area contributed by atoms with Crippen molar-refractivity contribution in [2.75, 3.05) is 18.5 Å². The van der Waals surface area contributed by atoms with Gasteiger partial charge >= 0.3 is 5.97 Å². The minimum atomic E-state index is -0.908. The maximum Gasteiger partial charge on any atom is 0.308 e. The van der Waals surface area contributed by atoms with Gasteiger partial charge in [-0.2, -0.15) is 10.5 Å². The van der Waals surface area contributed by atoms with Crippen LogP contribution in [-0.2, 0) is 4.79 Å². The van der Waals surface area contributed by atoms with Gasteiger partial charge in [0.2, 0.25) is 0 Å². The van der Waals surface area contributed by atoms with Gasteiger partial charge in [-0.05, 0) is 12.1 Å². The van der Waals surface area contributed by atoms with Crippen LogP contribution in [-0.4, -0.2) is 24.7 Å². The number of hydrogen-bond acceptors (Lipinski definition) is 4. The molecule has 1 aromatic rings. The summed E-state index contributed by atoms with van der Waals surface area (Å²) in [6, 6.07) is 8.88. The van der Waals surface area contributed by atoms with Crippen LogP contribution in [0.1, 0.15) is 18.1 Å². The van der Waals surface area contributed by atoms with Crippen molar-refractivity contribution in [3.05, 3.63) is 29.3 Å². The zero-order valence-corrected chi connectivity index (χ0v) is 10.2. The minimum absolute atomic E-state index is 0.239. The molecule has 1 N–H and O–H groups in total. The van der Waals surface area contributed by atoms with Crippen molar-refractivity contribution in [1.29, 1.82) is 10.5 Å². The van der Waals surface area contributed by atoms with E-state index in [0.717, 1.165) is 0 Å². The van der Waals surface area contributed by atoms with E-state index in [0.29, 0.717) is 16.8 Å². The van der Waals surface area contributed by atoms with Gasteiger partial charge < -0.3 is 10.0 Å². The van der Waals surface area contributed by atoms with Crippen molar-refractivity contribution in [2.45, 2.75) is 6.92 Å². The number of benzene rings is 1. The summed E-state index contributed by atoms with van der Waals surface area (Å²) in [4.78, 5) is 12.5. The lowest BCUT2D eigenvalue weighted by Gasteiger charge is -2.23. The van der Waals surface area contributed by atoms with E-state index in [1.54, 1.807) is 37.1 Å². The Balaban J connectivity index is 3.13. The van der Waals surface area contributed by atoms with Crippen LogP contribution in [0.25, 0.3) is 0 Å². The van der Waals surface area contributed by atoms with Gasteiger partial charge in [0.1, 0.15) is 12.1 Å². The Hall–Kier alpha value is -2.53. The number of nitrogens with zero attached hydrogens (tertiary/aromatic N) is 3. The monoisotopic (exact) mass is 243 g/mol. The average Bonchev–Trinajstić information content (AvgIpc) is 2.37. The van der Waals surface area contributed by atoms with Gasteiger partial charge in [0.25, 0.3) is 0 Å². The van der Waals surface area contributed by atoms with Crippen LogP contribution in [0.5, 0.6) is 0 Å². The fraction of sp³-hybridized carbons (Fsp3) is 0.308. The van der Waals surface area contributed by atoms with Crippen molar-refractivity contribution in [2.24, 2.45) is 5.92 Å². The topological polar surface area (TPSA) is 88.1 Å². The van der Waals surface area contributed by atoms with Crippen molar-refractivity contribution in [3.8, 4) is 12.1 Å². The van der Waals surface area contributed by atoms with Gasteiger partial charge in [-0.3, -0.25) is 4.79 Å². The van der Waals surface area contributed by atoms with E-state index >= 15 is 0 Å². The molecule has 0 aliphatic carbocycles. The van der Waals surface area contributed by atoms with Gasteiger partial charge in [-0.15, -0.1) is 0 Å². The minimum Gasteiger partial charge on any atom is -0.481 e. The second-order valence-electron chi connectivity index (χ2n) is 4.05. The van der Waals surface area contributed by atoms with E-state index in [1.807, 2.05) is 12.1 Å². The predicted octanol–water partition coefficient (Wildman–Crippen LogP) is 1.59. The van der Waals surface area contributed by atoms with E-state index in [4.69, 9.17) is 15.6 Å². The molecule has 5 heteroatoms. The smallest absolute Gasteiger partial charge is 0.308 e. The number of nitriles is 2. The third-order valence-electron chi connectivity index (χ3n) is 2.63. The molecule has 1 unspecified atom stereocenters. The van der Waals surface area contributed by atoms with Gasteiger partial charge in [-0.1, -0.05) is 13.0 Å². The number of rotatable bonds is 4. The highest BCUT2D eigenvalue weighted by atomic mass is 16.4. The summed E-state index contributed by atoms with van der Waals surface area (Å²) in [6.07, 6.45) is 0. The lowest BCUT2D eigenvalue weighted by molar-refractivity contribution is -0.140. The third-order valence-corrected chi connectivity index (χ3v) is 2.63. The lowest BCUT2D eigenvalue weighted by atomic mass is 10.1. The molecule has 1 aromatic carbocycles. The van der Waals surface area contributed by atoms with Crippen LogP contribution in [0, 0.1) is 28.6 Å². The van der Waals surface area contributed by atoms with Crippen molar-refractivity contribution < 1.29 is 9.90 Å². The second-order valence-corrected chi connectivity index (χ2v) is 4.05. The molecule has 5 nitrogen and oxygen atoms in total. The molecule has 0 spiro atoms. The van der Waals surface area contributed by atoms with Crippen molar-refractivity contribution >= 4 is 11.7 Å². The van der Waals surface area contributed by atoms with Crippen molar-refractivity contribution in [1.82, 2.24) is 0 Å². The molecule has 0 aliphatic heterocycles. The van der Waals surface area contributed by atoms with Crippen LogP contribution < -0.4 is 4.90 Å². The number of aliphatic carboxylic acids is 1. The Morgan fingerprint density at radius 3 is 2.28 bits per heavy atom. The Kier molecular flexibility index (Phi) is 4.28. The number of para-hydroxylation sites is 1. The van der Waals surface area contributed by atoms with Crippen LogP contribution in [0.3, 0.4) is 0 Å². The van der Waals surface area contributed by atoms with Crippen LogP contribution in [0.15, 0.2) is 18.2 Å². The number of carboxylic acids is 1. The van der Waals surface area contributed by atoms with Gasteiger partial charge in [0, 0.05) is 13.6 Å². The van der Waals surface area contributed by atoms with Crippen LogP contribution in [0.2, 0.25) is 0 Å². The molecule has 1 rings (SSSR count). The Morgan fingerprint density at radius 2 is 1.89 bits per heavy atom. The van der Waals surface area contributed by atoms with Crippen LogP contribution in [0.4, 0.5) is 5.69 Å². The first kappa shape index (κ1) is 13.5. The first-order chi connectivity index (χ1) is 8.51. The summed E-state index contributed by atoms with van der Waals surface area (Å²) in [5.41, 5.74) is 1.22. The summed E-state index contributed by atoms with van der Waals surface area (Å²) < 4.78 is 0. The van der Waals surface area contributed by atoms with E-state index in [-0.39, 0.29) is 6.54 Å². The highest BCUT2D eigenvalue weighted by Crippen LogP contribution is 2.24. The summed E-state index contributed by atoms with van der Waals surface area (Å²) in [5.74, 6) is -1.48. The predicted molar refractivity (Wildman–Crippen MR) is 65.9 cm³/mol. The molecule has 0 aromatic heterocycles. The first-order valence-electron chi connectivity index (χ1n) is 5.38. The number of carboxylic acid groups (broad SMARTS) is 1. The van der Waals surface area contributed by atoms with Gasteiger partial charge in [0.05, 0.1) is 22.7 Å². The molecule has 0 saturated carbocycles. The van der Waals surface area contributed by atoms with E-state index in [2.05, 4.69) is 0 Å². The standard InChI is InChI=1S/C13H13N3O2/c1-9(13(17)18)8-16(2)12-10(6-14)4-3-5-11(12)7-15/h3-5,9H,8H2,1-2H3,(H,17,18). The molecule has 0 fully saturated rings. The first-order valence-corrected chi connectivity index (χ1v) is 5.38. The average molecular weight is 243 g/mol. The number of anilines is 1. The third kappa shape index (κ3) is 2.78.